The topological polar surface area (TPSA) is 35.0 Å². The summed E-state index contributed by atoms with van der Waals surface area (Å²) in [4.78, 5) is 7.77. The van der Waals surface area contributed by atoms with Gasteiger partial charge < -0.3 is 4.74 Å². The second kappa shape index (κ2) is 5.54. The summed E-state index contributed by atoms with van der Waals surface area (Å²) >= 11 is 5.72. The van der Waals surface area contributed by atoms with E-state index in [1.54, 1.807) is 6.20 Å². The Kier molecular flexibility index (Phi) is 4.26. The molecule has 0 fully saturated rings. The highest BCUT2D eigenvalue weighted by atomic mass is 35.5. The van der Waals surface area contributed by atoms with Crippen LogP contribution in [0.3, 0.4) is 0 Å². The number of halogens is 1. The minimum Gasteiger partial charge on any atom is -0.475 e. The van der Waals surface area contributed by atoms with E-state index in [4.69, 9.17) is 16.3 Å². The predicted octanol–water partition coefficient (Wildman–Crippen LogP) is 2.48. The van der Waals surface area contributed by atoms with Crippen molar-refractivity contribution in [3.63, 3.8) is 0 Å². The summed E-state index contributed by atoms with van der Waals surface area (Å²) in [5, 5.41) is 0.307. The number of aromatic nitrogens is 2. The number of ether oxygens (including phenoxy) is 1. The summed E-state index contributed by atoms with van der Waals surface area (Å²) in [5.41, 5.74) is 0. The number of hydrogen-bond donors (Lipinski definition) is 0. The molecule has 0 aliphatic carbocycles. The Balaban J connectivity index is 2.36. The van der Waals surface area contributed by atoms with E-state index < -0.39 is 0 Å². The molecule has 0 saturated carbocycles. The van der Waals surface area contributed by atoms with E-state index >= 15 is 0 Å². The maximum absolute atomic E-state index is 5.72. The van der Waals surface area contributed by atoms with Gasteiger partial charge in [-0.1, -0.05) is 17.7 Å². The van der Waals surface area contributed by atoms with Gasteiger partial charge in [-0.05, 0) is 12.8 Å². The molecule has 13 heavy (non-hydrogen) atoms. The van der Waals surface area contributed by atoms with E-state index in [1.807, 2.05) is 6.08 Å². The van der Waals surface area contributed by atoms with Gasteiger partial charge in [0.1, 0.15) is 0 Å². The van der Waals surface area contributed by atoms with Crippen molar-refractivity contribution in [1.29, 1.82) is 0 Å². The van der Waals surface area contributed by atoms with E-state index in [2.05, 4.69) is 16.5 Å². The normalized spacial score (nSPS) is 9.62. The molecule has 0 N–H and O–H groups in total. The fourth-order valence-corrected chi connectivity index (χ4v) is 0.961. The van der Waals surface area contributed by atoms with E-state index in [1.165, 1.54) is 6.20 Å². The lowest BCUT2D eigenvalue weighted by Crippen LogP contribution is -1.99. The third kappa shape index (κ3) is 3.42. The van der Waals surface area contributed by atoms with E-state index in [0.29, 0.717) is 17.6 Å². The summed E-state index contributed by atoms with van der Waals surface area (Å²) < 4.78 is 5.29. The standard InChI is InChI=1S/C9H11ClN2O/c1-2-3-4-7-13-9-8(10)11-5-6-12-9/h2,5-6H,1,3-4,7H2. The van der Waals surface area contributed by atoms with Crippen LogP contribution in [0, 0.1) is 0 Å². The molecule has 0 amide bonds. The zero-order chi connectivity index (χ0) is 9.52. The molecule has 1 aromatic heterocycles. The molecule has 0 aliphatic rings. The maximum Gasteiger partial charge on any atom is 0.252 e. The maximum atomic E-state index is 5.72. The van der Waals surface area contributed by atoms with E-state index in [0.717, 1.165) is 12.8 Å². The fraction of sp³-hybridized carbons (Fsp3) is 0.333. The fourth-order valence-electron chi connectivity index (χ4n) is 0.802. The molecule has 0 atom stereocenters. The molecule has 0 unspecified atom stereocenters. The summed E-state index contributed by atoms with van der Waals surface area (Å²) in [5.74, 6) is 0.397. The lowest BCUT2D eigenvalue weighted by Gasteiger charge is -2.03. The lowest BCUT2D eigenvalue weighted by atomic mass is 10.3. The lowest BCUT2D eigenvalue weighted by molar-refractivity contribution is 0.299. The minimum atomic E-state index is 0.307. The molecular weight excluding hydrogens is 188 g/mol. The van der Waals surface area contributed by atoms with E-state index in [9.17, 15) is 0 Å². The van der Waals surface area contributed by atoms with Crippen LogP contribution in [0.25, 0.3) is 0 Å². The highest BCUT2D eigenvalue weighted by Crippen LogP contribution is 2.16. The molecule has 0 saturated heterocycles. The minimum absolute atomic E-state index is 0.307. The van der Waals surface area contributed by atoms with Gasteiger partial charge in [0.2, 0.25) is 0 Å². The molecule has 0 radical (unpaired) electrons. The van der Waals surface area contributed by atoms with Gasteiger partial charge in [-0.25, -0.2) is 9.97 Å². The third-order valence-electron chi connectivity index (χ3n) is 1.41. The van der Waals surface area contributed by atoms with Crippen LogP contribution >= 0.6 is 11.6 Å². The Bertz CT molecular complexity index is 278. The molecular formula is C9H11ClN2O. The van der Waals surface area contributed by atoms with Gasteiger partial charge >= 0.3 is 0 Å². The number of nitrogens with zero attached hydrogens (tertiary/aromatic N) is 2. The number of hydrogen-bond acceptors (Lipinski definition) is 3. The monoisotopic (exact) mass is 198 g/mol. The van der Waals surface area contributed by atoms with Crippen LogP contribution in [0.4, 0.5) is 0 Å². The van der Waals surface area contributed by atoms with Crippen molar-refractivity contribution in [2.75, 3.05) is 6.61 Å². The molecule has 0 spiro atoms. The zero-order valence-corrected chi connectivity index (χ0v) is 8.00. The molecule has 1 aromatic rings. The Morgan fingerprint density at radius 3 is 2.92 bits per heavy atom. The first kappa shape index (κ1) is 9.99. The van der Waals surface area contributed by atoms with Crippen molar-refractivity contribution in [2.24, 2.45) is 0 Å². The molecule has 0 aliphatic heterocycles. The molecule has 0 aromatic carbocycles. The van der Waals surface area contributed by atoms with Gasteiger partial charge in [0, 0.05) is 12.4 Å². The molecule has 0 bridgehead atoms. The van der Waals surface area contributed by atoms with Crippen LogP contribution in [0.2, 0.25) is 5.15 Å². The third-order valence-corrected chi connectivity index (χ3v) is 1.67. The highest BCUT2D eigenvalue weighted by Gasteiger charge is 2.01. The van der Waals surface area contributed by atoms with Crippen LogP contribution in [0.15, 0.2) is 25.0 Å². The summed E-state index contributed by atoms with van der Waals surface area (Å²) in [6.07, 6.45) is 6.77. The average Bonchev–Trinajstić information content (AvgIpc) is 2.15. The van der Waals surface area contributed by atoms with Gasteiger partial charge in [-0.3, -0.25) is 0 Å². The van der Waals surface area contributed by atoms with Crippen molar-refractivity contribution in [1.82, 2.24) is 9.97 Å². The largest absolute Gasteiger partial charge is 0.475 e. The Hall–Kier alpha value is -1.09. The predicted molar refractivity (Wildman–Crippen MR) is 52.0 cm³/mol. The first-order valence-electron chi connectivity index (χ1n) is 4.05. The summed E-state index contributed by atoms with van der Waals surface area (Å²) in [6, 6.07) is 0. The highest BCUT2D eigenvalue weighted by molar-refractivity contribution is 6.30. The number of rotatable bonds is 5. The van der Waals surface area contributed by atoms with Gasteiger partial charge in [-0.2, -0.15) is 0 Å². The van der Waals surface area contributed by atoms with Gasteiger partial charge in [0.15, 0.2) is 5.15 Å². The van der Waals surface area contributed by atoms with Crippen molar-refractivity contribution in [3.05, 3.63) is 30.2 Å². The van der Waals surface area contributed by atoms with Gasteiger partial charge in [0.05, 0.1) is 6.61 Å². The smallest absolute Gasteiger partial charge is 0.252 e. The first-order chi connectivity index (χ1) is 6.34. The molecule has 1 heterocycles. The summed E-state index contributed by atoms with van der Waals surface area (Å²) in [7, 11) is 0. The van der Waals surface area contributed by atoms with Crippen molar-refractivity contribution >= 4 is 11.6 Å². The second-order valence-electron chi connectivity index (χ2n) is 2.43. The van der Waals surface area contributed by atoms with Crippen molar-refractivity contribution in [3.8, 4) is 5.88 Å². The number of unbranched alkanes of at least 4 members (excludes halogenated alkanes) is 1. The van der Waals surface area contributed by atoms with Crippen LogP contribution in [-0.2, 0) is 0 Å². The summed E-state index contributed by atoms with van der Waals surface area (Å²) in [6.45, 7) is 4.20. The quantitative estimate of drug-likeness (QED) is 0.539. The average molecular weight is 199 g/mol. The Labute approximate surface area is 82.4 Å². The molecule has 70 valence electrons. The molecule has 3 nitrogen and oxygen atoms in total. The van der Waals surface area contributed by atoms with Crippen molar-refractivity contribution < 1.29 is 4.74 Å². The van der Waals surface area contributed by atoms with E-state index in [-0.39, 0.29) is 0 Å². The van der Waals surface area contributed by atoms with Crippen LogP contribution in [0.5, 0.6) is 5.88 Å². The number of allylic oxidation sites excluding steroid dienone is 1. The SMILES string of the molecule is C=CCCCOc1nccnc1Cl. The first-order valence-corrected chi connectivity index (χ1v) is 4.42. The second-order valence-corrected chi connectivity index (χ2v) is 2.79. The molecule has 4 heteroatoms. The van der Waals surface area contributed by atoms with Crippen LogP contribution in [-0.4, -0.2) is 16.6 Å². The van der Waals surface area contributed by atoms with Gasteiger partial charge in [-0.15, -0.1) is 6.58 Å². The van der Waals surface area contributed by atoms with Crippen LogP contribution < -0.4 is 4.74 Å². The van der Waals surface area contributed by atoms with Crippen LogP contribution in [0.1, 0.15) is 12.8 Å². The Morgan fingerprint density at radius 1 is 1.46 bits per heavy atom. The zero-order valence-electron chi connectivity index (χ0n) is 7.24. The molecule has 1 rings (SSSR count). The van der Waals surface area contributed by atoms with Gasteiger partial charge in [0.25, 0.3) is 5.88 Å². The van der Waals surface area contributed by atoms with Crippen molar-refractivity contribution in [2.45, 2.75) is 12.8 Å². The Morgan fingerprint density at radius 2 is 2.23 bits per heavy atom.